The molecule has 140 valence electrons. The van der Waals surface area contributed by atoms with E-state index in [-0.39, 0.29) is 22.0 Å². The number of phenols is 1. The maximum absolute atomic E-state index is 10.9. The maximum Gasteiger partial charge on any atom is 0.294 e. The van der Waals surface area contributed by atoms with E-state index in [9.17, 15) is 33.8 Å². The summed E-state index contributed by atoms with van der Waals surface area (Å²) >= 11 is 0. The number of rotatable bonds is 3. The molecular formula is C16H12N2O8S. The minimum atomic E-state index is -4.22. The molecule has 0 aromatic heterocycles. The van der Waals surface area contributed by atoms with E-state index in [1.807, 2.05) is 0 Å². The van der Waals surface area contributed by atoms with Gasteiger partial charge in [0.2, 0.25) is 0 Å². The number of aromatic hydroxyl groups is 1. The van der Waals surface area contributed by atoms with Crippen molar-refractivity contribution in [2.45, 2.75) is 4.90 Å². The van der Waals surface area contributed by atoms with Crippen LogP contribution >= 0.6 is 0 Å². The summed E-state index contributed by atoms with van der Waals surface area (Å²) in [5.74, 6) is -0.0157. The summed E-state index contributed by atoms with van der Waals surface area (Å²) in [6, 6.07) is 13.3. The van der Waals surface area contributed by atoms with Crippen LogP contribution in [0.25, 0.3) is 10.8 Å². The van der Waals surface area contributed by atoms with Gasteiger partial charge in [0.05, 0.1) is 14.7 Å². The third-order valence-electron chi connectivity index (χ3n) is 3.40. The molecule has 0 radical (unpaired) electrons. The van der Waals surface area contributed by atoms with Crippen molar-refractivity contribution in [3.63, 3.8) is 0 Å². The van der Waals surface area contributed by atoms with E-state index in [1.165, 1.54) is 24.3 Å². The van der Waals surface area contributed by atoms with Crippen molar-refractivity contribution in [3.05, 3.63) is 80.9 Å². The maximum atomic E-state index is 10.9. The molecule has 27 heavy (non-hydrogen) atoms. The highest BCUT2D eigenvalue weighted by molar-refractivity contribution is 7.85. The summed E-state index contributed by atoms with van der Waals surface area (Å²) in [5.41, 5.74) is -0.304. The zero-order valence-corrected chi connectivity index (χ0v) is 14.2. The van der Waals surface area contributed by atoms with Crippen LogP contribution in [-0.4, -0.2) is 27.9 Å². The molecule has 0 aliphatic rings. The highest BCUT2D eigenvalue weighted by Gasteiger charge is 2.11. The molecule has 3 aromatic carbocycles. The molecule has 11 heteroatoms. The number of hydrogen-bond acceptors (Lipinski definition) is 7. The van der Waals surface area contributed by atoms with Gasteiger partial charge < -0.3 is 5.11 Å². The van der Waals surface area contributed by atoms with Crippen molar-refractivity contribution in [2.24, 2.45) is 0 Å². The summed E-state index contributed by atoms with van der Waals surface area (Å²) in [6.07, 6.45) is 0. The number of nitro groups is 2. The Bertz CT molecular complexity index is 1080. The molecule has 0 atom stereocenters. The van der Waals surface area contributed by atoms with Crippen molar-refractivity contribution in [3.8, 4) is 5.75 Å². The first kappa shape index (κ1) is 19.8. The van der Waals surface area contributed by atoms with Crippen molar-refractivity contribution in [1.82, 2.24) is 0 Å². The predicted octanol–water partition coefficient (Wildman–Crippen LogP) is 3.30. The van der Waals surface area contributed by atoms with Crippen LogP contribution in [0, 0.1) is 20.2 Å². The molecule has 0 aliphatic heterocycles. The van der Waals surface area contributed by atoms with Crippen LogP contribution in [0.3, 0.4) is 0 Å². The number of non-ortho nitro benzene ring substituents is 2. The van der Waals surface area contributed by atoms with E-state index in [1.54, 1.807) is 12.1 Å². The average Bonchev–Trinajstić information content (AvgIpc) is 2.61. The molecule has 3 rings (SSSR count). The summed E-state index contributed by atoms with van der Waals surface area (Å²) in [5, 5.41) is 30.8. The average molecular weight is 392 g/mol. The van der Waals surface area contributed by atoms with Gasteiger partial charge in [0, 0.05) is 29.7 Å². The lowest BCUT2D eigenvalue weighted by Crippen LogP contribution is -1.97. The second-order valence-electron chi connectivity index (χ2n) is 5.17. The van der Waals surface area contributed by atoms with Gasteiger partial charge >= 0.3 is 0 Å². The number of benzene rings is 3. The zero-order valence-electron chi connectivity index (χ0n) is 13.4. The summed E-state index contributed by atoms with van der Waals surface area (Å²) < 4.78 is 30.6. The minimum absolute atomic E-state index is 0.0157. The molecule has 0 fully saturated rings. The van der Waals surface area contributed by atoms with Gasteiger partial charge in [0.15, 0.2) is 0 Å². The Morgan fingerprint density at radius 2 is 1.33 bits per heavy atom. The van der Waals surface area contributed by atoms with Crippen molar-refractivity contribution < 1.29 is 27.9 Å². The highest BCUT2D eigenvalue weighted by atomic mass is 32.2. The molecule has 0 amide bonds. The molecule has 10 nitrogen and oxygen atoms in total. The highest BCUT2D eigenvalue weighted by Crippen LogP contribution is 2.26. The van der Waals surface area contributed by atoms with E-state index in [0.717, 1.165) is 24.3 Å². The quantitative estimate of drug-likeness (QED) is 0.390. The molecule has 3 aromatic rings. The van der Waals surface area contributed by atoms with Crippen LogP contribution in [-0.2, 0) is 10.1 Å². The third-order valence-corrected chi connectivity index (χ3v) is 4.25. The first-order valence-corrected chi connectivity index (χ1v) is 8.61. The molecule has 0 heterocycles. The Kier molecular flexibility index (Phi) is 5.68. The van der Waals surface area contributed by atoms with Crippen LogP contribution in [0.2, 0.25) is 0 Å². The van der Waals surface area contributed by atoms with E-state index in [0.29, 0.717) is 10.8 Å². The molecule has 0 saturated carbocycles. The smallest absolute Gasteiger partial charge is 0.294 e. The molecule has 2 N–H and O–H groups in total. The number of phenolic OH excluding ortho intramolecular Hbond substituents is 1. The van der Waals surface area contributed by atoms with Gasteiger partial charge in [-0.05, 0) is 23.6 Å². The summed E-state index contributed by atoms with van der Waals surface area (Å²) in [7, 11) is -4.22. The van der Waals surface area contributed by atoms with Gasteiger partial charge in [0.25, 0.3) is 21.5 Å². The van der Waals surface area contributed by atoms with Crippen LogP contribution in [0.15, 0.2) is 65.6 Å². The number of nitrogens with zero attached hydrogens (tertiary/aromatic N) is 2. The number of fused-ring (bicyclic) bond motifs is 1. The number of hydrogen-bond donors (Lipinski definition) is 2. The first-order valence-electron chi connectivity index (χ1n) is 7.17. The first-order chi connectivity index (χ1) is 12.6. The van der Waals surface area contributed by atoms with E-state index in [2.05, 4.69) is 0 Å². The van der Waals surface area contributed by atoms with Gasteiger partial charge in [-0.3, -0.25) is 24.8 Å². The van der Waals surface area contributed by atoms with E-state index >= 15 is 0 Å². The van der Waals surface area contributed by atoms with Gasteiger partial charge in [-0.25, -0.2) is 0 Å². The van der Waals surface area contributed by atoms with Crippen molar-refractivity contribution in [2.75, 3.05) is 0 Å². The van der Waals surface area contributed by atoms with E-state index < -0.39 is 20.0 Å². The van der Waals surface area contributed by atoms with Crippen LogP contribution in [0.5, 0.6) is 5.75 Å². The fraction of sp³-hybridized carbons (Fsp3) is 0. The summed E-state index contributed by atoms with van der Waals surface area (Å²) in [6.45, 7) is 0. The Morgan fingerprint density at radius 3 is 1.78 bits per heavy atom. The normalized spacial score (nSPS) is 10.7. The Hall–Kier alpha value is -3.57. The van der Waals surface area contributed by atoms with E-state index in [4.69, 9.17) is 4.55 Å². The lowest BCUT2D eigenvalue weighted by atomic mass is 10.1. The molecule has 0 aliphatic carbocycles. The van der Waals surface area contributed by atoms with Gasteiger partial charge in [0.1, 0.15) is 5.75 Å². The SMILES string of the molecule is O=S(=O)(O)c1ccc2cccc(O)c2c1.O=[N+]([O-])c1ccc([N+](=O)[O-])cc1. The zero-order chi connectivity index (χ0) is 20.2. The topological polar surface area (TPSA) is 161 Å². The Labute approximate surface area is 152 Å². The second kappa shape index (κ2) is 7.76. The summed E-state index contributed by atoms with van der Waals surface area (Å²) in [4.78, 5) is 18.8. The van der Waals surface area contributed by atoms with Crippen LogP contribution in [0.1, 0.15) is 0 Å². The number of nitro benzene ring substituents is 2. The molecular weight excluding hydrogens is 380 g/mol. The monoisotopic (exact) mass is 392 g/mol. The molecule has 0 saturated heterocycles. The lowest BCUT2D eigenvalue weighted by Gasteiger charge is -2.02. The van der Waals surface area contributed by atoms with Crippen LogP contribution in [0.4, 0.5) is 11.4 Å². The van der Waals surface area contributed by atoms with Gasteiger partial charge in [-0.15, -0.1) is 0 Å². The predicted molar refractivity (Wildman–Crippen MR) is 95.2 cm³/mol. The largest absolute Gasteiger partial charge is 0.507 e. The fourth-order valence-corrected chi connectivity index (χ4v) is 2.60. The van der Waals surface area contributed by atoms with Crippen LogP contribution < -0.4 is 0 Å². The molecule has 0 bridgehead atoms. The minimum Gasteiger partial charge on any atom is -0.507 e. The van der Waals surface area contributed by atoms with Gasteiger partial charge in [-0.1, -0.05) is 18.2 Å². The van der Waals surface area contributed by atoms with Crippen molar-refractivity contribution >= 4 is 32.3 Å². The third kappa shape index (κ3) is 4.96. The Morgan fingerprint density at radius 1 is 0.815 bits per heavy atom. The standard InChI is InChI=1S/C10H8O4S.C6H4N2O4/c11-10-3-1-2-7-4-5-8(6-9(7)10)15(12,13)14;9-7(10)5-1-2-6(4-3-5)8(11)12/h1-6,11H,(H,12,13,14);1-4H. The van der Waals surface area contributed by atoms with Gasteiger partial charge in [-0.2, -0.15) is 8.42 Å². The fourth-order valence-electron chi connectivity index (χ4n) is 2.09. The second-order valence-corrected chi connectivity index (χ2v) is 6.59. The Balaban J connectivity index is 0.000000199. The lowest BCUT2D eigenvalue weighted by molar-refractivity contribution is -0.389. The molecule has 0 unspecified atom stereocenters. The molecule has 0 spiro atoms. The van der Waals surface area contributed by atoms with Crippen molar-refractivity contribution in [1.29, 1.82) is 0 Å².